The first-order valence-electron chi connectivity index (χ1n) is 8.58. The van der Waals surface area contributed by atoms with Crippen LogP contribution in [0.5, 0.6) is 0 Å². The fourth-order valence-corrected chi connectivity index (χ4v) is 2.78. The molecule has 0 saturated carbocycles. The molecule has 2 rings (SSSR count). The summed E-state index contributed by atoms with van der Waals surface area (Å²) in [5, 5.41) is 4.04. The summed E-state index contributed by atoms with van der Waals surface area (Å²) in [5.41, 5.74) is 5.30. The lowest BCUT2D eigenvalue weighted by molar-refractivity contribution is 0.0955. The zero-order valence-electron chi connectivity index (χ0n) is 14.7. The zero-order valence-corrected chi connectivity index (χ0v) is 16.3. The van der Waals surface area contributed by atoms with Crippen LogP contribution in [0, 0.1) is 0 Å². The second-order valence-corrected chi connectivity index (χ2v) is 6.70. The van der Waals surface area contributed by atoms with Crippen LogP contribution in [0.25, 0.3) is 0 Å². The lowest BCUT2D eigenvalue weighted by Gasteiger charge is -2.23. The number of halogens is 1. The molecule has 0 radical (unpaired) electrons. The van der Waals surface area contributed by atoms with Crippen molar-refractivity contribution in [1.29, 1.82) is 0 Å². The van der Waals surface area contributed by atoms with Gasteiger partial charge < -0.3 is 4.90 Å². The lowest BCUT2D eigenvalue weighted by Crippen LogP contribution is -2.24. The third-order valence-electron chi connectivity index (χ3n) is 3.73. The number of anilines is 1. The van der Waals surface area contributed by atoms with Gasteiger partial charge in [-0.3, -0.25) is 4.79 Å². The molecule has 1 N–H and O–H groups in total. The maximum absolute atomic E-state index is 12.0. The highest BCUT2D eigenvalue weighted by molar-refractivity contribution is 9.10. The van der Waals surface area contributed by atoms with E-state index < -0.39 is 0 Å². The summed E-state index contributed by atoms with van der Waals surface area (Å²) < 4.78 is 0.938. The second kappa shape index (κ2) is 9.99. The molecule has 0 aliphatic rings. The van der Waals surface area contributed by atoms with Crippen LogP contribution in [0.15, 0.2) is 58.1 Å². The van der Waals surface area contributed by atoms with E-state index in [1.165, 1.54) is 5.69 Å². The van der Waals surface area contributed by atoms with E-state index in [4.69, 9.17) is 0 Å². The summed E-state index contributed by atoms with van der Waals surface area (Å²) >= 11 is 3.35. The van der Waals surface area contributed by atoms with E-state index >= 15 is 0 Å². The Morgan fingerprint density at radius 3 is 2.20 bits per heavy atom. The summed E-state index contributed by atoms with van der Waals surface area (Å²) in [4.78, 5) is 14.4. The van der Waals surface area contributed by atoms with Crippen LogP contribution in [0.4, 0.5) is 5.69 Å². The van der Waals surface area contributed by atoms with Crippen molar-refractivity contribution in [1.82, 2.24) is 5.43 Å². The third-order valence-corrected chi connectivity index (χ3v) is 4.26. The van der Waals surface area contributed by atoms with Crippen LogP contribution in [-0.2, 0) is 0 Å². The first kappa shape index (κ1) is 19.2. The monoisotopic (exact) mass is 401 g/mol. The average Bonchev–Trinajstić information content (AvgIpc) is 2.62. The molecule has 2 aromatic carbocycles. The lowest BCUT2D eigenvalue weighted by atomic mass is 10.2. The molecule has 0 spiro atoms. The Morgan fingerprint density at radius 1 is 1.04 bits per heavy atom. The molecule has 0 aliphatic heterocycles. The first-order chi connectivity index (χ1) is 12.1. The number of hydrogen-bond acceptors (Lipinski definition) is 3. The van der Waals surface area contributed by atoms with Gasteiger partial charge in [0.15, 0.2) is 0 Å². The Hall–Kier alpha value is -2.14. The van der Waals surface area contributed by atoms with Gasteiger partial charge in [-0.25, -0.2) is 5.43 Å². The van der Waals surface area contributed by atoms with Crippen molar-refractivity contribution in [2.24, 2.45) is 5.10 Å². The molecule has 0 heterocycles. The summed E-state index contributed by atoms with van der Waals surface area (Å²) in [5.74, 6) is -0.225. The highest BCUT2D eigenvalue weighted by Crippen LogP contribution is 2.15. The van der Waals surface area contributed by atoms with Crippen LogP contribution in [0.1, 0.15) is 42.6 Å². The fraction of sp³-hybridized carbons (Fsp3) is 0.300. The Bertz CT molecular complexity index is 690. The third kappa shape index (κ3) is 6.02. The van der Waals surface area contributed by atoms with Gasteiger partial charge in [-0.2, -0.15) is 5.10 Å². The molecular weight excluding hydrogens is 378 g/mol. The van der Waals surface area contributed by atoms with E-state index in [-0.39, 0.29) is 5.91 Å². The number of nitrogens with one attached hydrogen (secondary N) is 1. The van der Waals surface area contributed by atoms with E-state index in [2.05, 4.69) is 57.3 Å². The van der Waals surface area contributed by atoms with Crippen LogP contribution in [0.2, 0.25) is 0 Å². The molecule has 2 aromatic rings. The normalized spacial score (nSPS) is 10.8. The highest BCUT2D eigenvalue weighted by Gasteiger charge is 2.04. The van der Waals surface area contributed by atoms with Gasteiger partial charge in [-0.1, -0.05) is 41.9 Å². The van der Waals surface area contributed by atoms with Crippen molar-refractivity contribution in [2.75, 3.05) is 18.0 Å². The predicted octanol–water partition coefficient (Wildman–Crippen LogP) is 4.84. The molecule has 0 fully saturated rings. The van der Waals surface area contributed by atoms with Gasteiger partial charge >= 0.3 is 0 Å². The molecule has 0 aliphatic carbocycles. The van der Waals surface area contributed by atoms with Crippen molar-refractivity contribution < 1.29 is 4.79 Å². The number of hydrazone groups is 1. The van der Waals surface area contributed by atoms with Gasteiger partial charge in [0.1, 0.15) is 0 Å². The van der Waals surface area contributed by atoms with Gasteiger partial charge in [0, 0.05) is 28.8 Å². The number of nitrogens with zero attached hydrogens (tertiary/aromatic N) is 2. The van der Waals surface area contributed by atoms with E-state index in [1.54, 1.807) is 18.3 Å². The van der Waals surface area contributed by atoms with E-state index in [9.17, 15) is 4.79 Å². The van der Waals surface area contributed by atoms with Crippen LogP contribution in [0.3, 0.4) is 0 Å². The second-order valence-electron chi connectivity index (χ2n) is 5.78. The van der Waals surface area contributed by atoms with Crippen LogP contribution < -0.4 is 10.3 Å². The molecule has 0 unspecified atom stereocenters. The van der Waals surface area contributed by atoms with Crippen molar-refractivity contribution >= 4 is 33.7 Å². The summed E-state index contributed by atoms with van der Waals surface area (Å²) in [6, 6.07) is 15.4. The molecule has 0 atom stereocenters. The smallest absolute Gasteiger partial charge is 0.271 e. The average molecular weight is 402 g/mol. The van der Waals surface area contributed by atoms with Crippen LogP contribution >= 0.6 is 15.9 Å². The summed E-state index contributed by atoms with van der Waals surface area (Å²) in [7, 11) is 0. The van der Waals surface area contributed by atoms with E-state index in [0.717, 1.165) is 36.0 Å². The standard InChI is InChI=1S/C20H24BrN3O/c1-3-13-24(14-4-2)19-11-5-16(6-12-19)15-22-23-20(25)17-7-9-18(21)10-8-17/h5-12,15H,3-4,13-14H2,1-2H3,(H,23,25). The van der Waals surface area contributed by atoms with Gasteiger partial charge in [0.25, 0.3) is 5.91 Å². The Morgan fingerprint density at radius 2 is 1.64 bits per heavy atom. The van der Waals surface area contributed by atoms with Gasteiger partial charge in [-0.05, 0) is 54.8 Å². The predicted molar refractivity (Wildman–Crippen MR) is 108 cm³/mol. The van der Waals surface area contributed by atoms with E-state index in [0.29, 0.717) is 5.56 Å². The molecular formula is C20H24BrN3O. The van der Waals surface area contributed by atoms with Gasteiger partial charge in [0.05, 0.1) is 6.21 Å². The first-order valence-corrected chi connectivity index (χ1v) is 9.37. The largest absolute Gasteiger partial charge is 0.372 e. The van der Waals surface area contributed by atoms with Gasteiger partial charge in [-0.15, -0.1) is 0 Å². The molecule has 0 bridgehead atoms. The Labute approximate surface area is 158 Å². The topological polar surface area (TPSA) is 44.7 Å². The number of hydrogen-bond donors (Lipinski definition) is 1. The number of carbonyl (C=O) groups is 1. The van der Waals surface area contributed by atoms with Crippen LogP contribution in [-0.4, -0.2) is 25.2 Å². The Balaban J connectivity index is 1.94. The minimum absolute atomic E-state index is 0.225. The maximum atomic E-state index is 12.0. The molecule has 1 amide bonds. The van der Waals surface area contributed by atoms with Crippen molar-refractivity contribution in [3.63, 3.8) is 0 Å². The Kier molecular flexibility index (Phi) is 7.67. The van der Waals surface area contributed by atoms with E-state index in [1.807, 2.05) is 24.3 Å². The van der Waals surface area contributed by atoms with Gasteiger partial charge in [0.2, 0.25) is 0 Å². The SMILES string of the molecule is CCCN(CCC)c1ccc(C=NNC(=O)c2ccc(Br)cc2)cc1. The number of amides is 1. The molecule has 132 valence electrons. The molecule has 25 heavy (non-hydrogen) atoms. The molecule has 4 nitrogen and oxygen atoms in total. The molecule has 0 saturated heterocycles. The number of benzene rings is 2. The minimum atomic E-state index is -0.225. The number of rotatable bonds is 8. The maximum Gasteiger partial charge on any atom is 0.271 e. The molecule has 5 heteroatoms. The minimum Gasteiger partial charge on any atom is -0.372 e. The fourth-order valence-electron chi connectivity index (χ4n) is 2.51. The van der Waals surface area contributed by atoms with Crippen molar-refractivity contribution in [2.45, 2.75) is 26.7 Å². The van der Waals surface area contributed by atoms with Crippen molar-refractivity contribution in [3.05, 3.63) is 64.1 Å². The number of carbonyl (C=O) groups excluding carboxylic acids is 1. The summed E-state index contributed by atoms with van der Waals surface area (Å²) in [6.07, 6.45) is 3.92. The quantitative estimate of drug-likeness (QED) is 0.507. The molecule has 0 aromatic heterocycles. The highest BCUT2D eigenvalue weighted by atomic mass is 79.9. The summed E-state index contributed by atoms with van der Waals surface area (Å²) in [6.45, 7) is 6.50. The van der Waals surface area contributed by atoms with Crippen molar-refractivity contribution in [3.8, 4) is 0 Å². The zero-order chi connectivity index (χ0) is 18.1.